The van der Waals surface area contributed by atoms with E-state index in [2.05, 4.69) is 4.98 Å². The molecule has 1 aliphatic heterocycles. The largest absolute Gasteiger partial charge is 0.481 e. The number of thiazole rings is 1. The maximum absolute atomic E-state index is 12.8. The van der Waals surface area contributed by atoms with Gasteiger partial charge in [0.05, 0.1) is 12.2 Å². The van der Waals surface area contributed by atoms with Gasteiger partial charge in [0.2, 0.25) is 0 Å². The van der Waals surface area contributed by atoms with E-state index in [0.29, 0.717) is 36.0 Å². The molecule has 1 aliphatic rings. The number of aryl methyl sites for hydroxylation is 1. The van der Waals surface area contributed by atoms with E-state index in [-0.39, 0.29) is 5.91 Å². The maximum Gasteiger partial charge on any atom is 0.336 e. The Bertz CT molecular complexity index is 1100. The van der Waals surface area contributed by atoms with Crippen molar-refractivity contribution in [3.8, 4) is 5.75 Å². The van der Waals surface area contributed by atoms with Gasteiger partial charge in [0, 0.05) is 35.4 Å². The highest BCUT2D eigenvalue weighted by Gasteiger charge is 2.28. The Morgan fingerprint density at radius 2 is 2.25 bits per heavy atom. The number of aromatic nitrogens is 1. The number of nitrogens with two attached hydrogens (primary N) is 1. The number of anilines is 1. The first-order valence-electron chi connectivity index (χ1n) is 9.21. The summed E-state index contributed by atoms with van der Waals surface area (Å²) in [6.45, 7) is 4.81. The van der Waals surface area contributed by atoms with Crippen molar-refractivity contribution in [2.45, 2.75) is 39.3 Å². The van der Waals surface area contributed by atoms with Crippen molar-refractivity contribution in [2.24, 2.45) is 0 Å². The third-order valence-corrected chi connectivity index (χ3v) is 5.81. The summed E-state index contributed by atoms with van der Waals surface area (Å²) in [6, 6.07) is 6.82. The van der Waals surface area contributed by atoms with Crippen LogP contribution in [0.2, 0.25) is 0 Å². The monoisotopic (exact) mass is 399 g/mol. The number of rotatable bonds is 4. The number of ether oxygens (including phenoxy) is 1. The molecule has 146 valence electrons. The number of nitrogens with zero attached hydrogens (tertiary/aromatic N) is 2. The Hall–Kier alpha value is -2.87. The Morgan fingerprint density at radius 3 is 3.04 bits per heavy atom. The van der Waals surface area contributed by atoms with Crippen molar-refractivity contribution in [1.82, 2.24) is 9.88 Å². The second kappa shape index (κ2) is 7.27. The lowest BCUT2D eigenvalue weighted by Gasteiger charge is -2.28. The van der Waals surface area contributed by atoms with Crippen LogP contribution in [0.1, 0.15) is 30.0 Å². The molecule has 1 amide bonds. The van der Waals surface area contributed by atoms with Crippen LogP contribution in [0.15, 0.2) is 33.5 Å². The van der Waals surface area contributed by atoms with Crippen molar-refractivity contribution in [2.75, 3.05) is 12.3 Å². The highest BCUT2D eigenvalue weighted by atomic mass is 32.1. The van der Waals surface area contributed by atoms with Crippen LogP contribution in [0.4, 0.5) is 5.13 Å². The van der Waals surface area contributed by atoms with Crippen molar-refractivity contribution >= 4 is 33.3 Å². The molecule has 7 nitrogen and oxygen atoms in total. The predicted octanol–water partition coefficient (Wildman–Crippen LogP) is 2.75. The van der Waals surface area contributed by atoms with Crippen LogP contribution >= 0.6 is 11.3 Å². The highest BCUT2D eigenvalue weighted by molar-refractivity contribution is 7.15. The first-order valence-corrected chi connectivity index (χ1v) is 10.0. The lowest BCUT2D eigenvalue weighted by Crippen LogP contribution is -2.42. The van der Waals surface area contributed by atoms with Gasteiger partial charge in [0.1, 0.15) is 11.3 Å². The van der Waals surface area contributed by atoms with Gasteiger partial charge in [-0.2, -0.15) is 0 Å². The molecular formula is C20H21N3O4S. The van der Waals surface area contributed by atoms with Gasteiger partial charge in [-0.25, -0.2) is 9.78 Å². The molecule has 1 atom stereocenters. The van der Waals surface area contributed by atoms with Gasteiger partial charge in [-0.1, -0.05) is 6.92 Å². The molecule has 0 bridgehead atoms. The molecule has 4 rings (SSSR count). The summed E-state index contributed by atoms with van der Waals surface area (Å²) in [4.78, 5) is 31.6. The lowest BCUT2D eigenvalue weighted by molar-refractivity contribution is -0.138. The van der Waals surface area contributed by atoms with Crippen molar-refractivity contribution in [3.05, 3.63) is 50.8 Å². The Balaban J connectivity index is 1.51. The summed E-state index contributed by atoms with van der Waals surface area (Å²) in [5.74, 6) is 0.394. The zero-order valence-electron chi connectivity index (χ0n) is 15.7. The van der Waals surface area contributed by atoms with Crippen molar-refractivity contribution < 1.29 is 13.9 Å². The van der Waals surface area contributed by atoms with Gasteiger partial charge < -0.3 is 19.8 Å². The Kier molecular flexibility index (Phi) is 4.80. The Labute approximate surface area is 165 Å². The molecule has 0 spiro atoms. The molecule has 0 saturated carbocycles. The molecule has 28 heavy (non-hydrogen) atoms. The molecule has 1 aromatic carbocycles. The molecule has 0 saturated heterocycles. The first-order chi connectivity index (χ1) is 13.4. The minimum atomic E-state index is -0.662. The summed E-state index contributed by atoms with van der Waals surface area (Å²) < 4.78 is 11.2. The van der Waals surface area contributed by atoms with Gasteiger partial charge >= 0.3 is 5.63 Å². The maximum atomic E-state index is 12.8. The van der Waals surface area contributed by atoms with E-state index in [1.165, 1.54) is 17.4 Å². The smallest absolute Gasteiger partial charge is 0.336 e. The normalized spacial score (nSPS) is 14.7. The number of benzene rings is 1. The van der Waals surface area contributed by atoms with Crippen LogP contribution in [0.25, 0.3) is 11.0 Å². The van der Waals surface area contributed by atoms with Gasteiger partial charge in [0.15, 0.2) is 11.2 Å². The highest BCUT2D eigenvalue weighted by Crippen LogP contribution is 2.28. The minimum Gasteiger partial charge on any atom is -0.481 e. The number of carbonyl (C=O) groups is 1. The quantitative estimate of drug-likeness (QED) is 0.678. The predicted molar refractivity (Wildman–Crippen MR) is 108 cm³/mol. The zero-order valence-corrected chi connectivity index (χ0v) is 16.5. The van der Waals surface area contributed by atoms with E-state index in [1.807, 2.05) is 13.0 Å². The molecule has 0 aliphatic carbocycles. The van der Waals surface area contributed by atoms with E-state index < -0.39 is 11.7 Å². The average molecular weight is 399 g/mol. The van der Waals surface area contributed by atoms with E-state index in [1.54, 1.807) is 24.0 Å². The summed E-state index contributed by atoms with van der Waals surface area (Å²) in [5.41, 5.74) is 7.75. The van der Waals surface area contributed by atoms with Gasteiger partial charge in [-0.05, 0) is 31.0 Å². The van der Waals surface area contributed by atoms with E-state index in [9.17, 15) is 9.59 Å². The van der Waals surface area contributed by atoms with Crippen LogP contribution in [-0.2, 0) is 24.2 Å². The van der Waals surface area contributed by atoms with Crippen LogP contribution in [0, 0.1) is 0 Å². The van der Waals surface area contributed by atoms with Crippen LogP contribution in [-0.4, -0.2) is 28.4 Å². The molecule has 8 heteroatoms. The third kappa shape index (κ3) is 3.47. The molecule has 0 radical (unpaired) electrons. The van der Waals surface area contributed by atoms with Gasteiger partial charge in [0.25, 0.3) is 5.91 Å². The minimum absolute atomic E-state index is 0.0959. The molecule has 2 N–H and O–H groups in total. The standard InChI is InChI=1S/C20H21N3O4S/c1-3-12-8-18(24)27-16-9-13(4-5-14(12)16)26-11(2)19(25)23-7-6-15-17(10-23)28-20(21)22-15/h4-5,8-9,11H,3,6-7,10H2,1-2H3,(H2,21,22). The summed E-state index contributed by atoms with van der Waals surface area (Å²) in [5, 5.41) is 1.41. The van der Waals surface area contributed by atoms with Crippen molar-refractivity contribution in [3.63, 3.8) is 0 Å². The molecule has 2 aromatic heterocycles. The van der Waals surface area contributed by atoms with Gasteiger partial charge in [-0.15, -0.1) is 11.3 Å². The van der Waals surface area contributed by atoms with Gasteiger partial charge in [-0.3, -0.25) is 4.79 Å². The number of nitrogen functional groups attached to an aromatic ring is 1. The number of hydrogen-bond acceptors (Lipinski definition) is 7. The zero-order chi connectivity index (χ0) is 19.8. The fraction of sp³-hybridized carbons (Fsp3) is 0.350. The molecule has 3 heterocycles. The fourth-order valence-corrected chi connectivity index (χ4v) is 4.39. The summed E-state index contributed by atoms with van der Waals surface area (Å²) >= 11 is 1.42. The second-order valence-electron chi connectivity index (χ2n) is 6.79. The summed E-state index contributed by atoms with van der Waals surface area (Å²) in [6.07, 6.45) is 0.768. The van der Waals surface area contributed by atoms with Crippen LogP contribution in [0.3, 0.4) is 0 Å². The number of hydrogen-bond donors (Lipinski definition) is 1. The van der Waals surface area contributed by atoms with E-state index in [0.717, 1.165) is 27.9 Å². The topological polar surface area (TPSA) is 98.7 Å². The van der Waals surface area contributed by atoms with E-state index in [4.69, 9.17) is 14.9 Å². The van der Waals surface area contributed by atoms with Crippen LogP contribution in [0.5, 0.6) is 5.75 Å². The number of carbonyl (C=O) groups excluding carboxylic acids is 1. The third-order valence-electron chi connectivity index (χ3n) is 4.90. The fourth-order valence-electron chi connectivity index (χ4n) is 3.49. The van der Waals surface area contributed by atoms with Crippen LogP contribution < -0.4 is 16.1 Å². The molecule has 0 fully saturated rings. The summed E-state index contributed by atoms with van der Waals surface area (Å²) in [7, 11) is 0. The lowest BCUT2D eigenvalue weighted by atomic mass is 10.1. The number of amides is 1. The second-order valence-corrected chi connectivity index (χ2v) is 7.91. The van der Waals surface area contributed by atoms with Crippen molar-refractivity contribution in [1.29, 1.82) is 0 Å². The number of fused-ring (bicyclic) bond motifs is 2. The Morgan fingerprint density at radius 1 is 1.43 bits per heavy atom. The molecule has 3 aromatic rings. The van der Waals surface area contributed by atoms with E-state index >= 15 is 0 Å². The average Bonchev–Trinajstić information content (AvgIpc) is 3.05. The SMILES string of the molecule is CCc1cc(=O)oc2cc(OC(C)C(=O)N3CCc4nc(N)sc4C3)ccc12. The molecule has 1 unspecified atom stereocenters. The first kappa shape index (κ1) is 18.5. The molecular weight excluding hydrogens is 378 g/mol.